The molecule has 0 radical (unpaired) electrons. The molecule has 4 amide bonds. The lowest BCUT2D eigenvalue weighted by Crippen LogP contribution is -2.52. The van der Waals surface area contributed by atoms with E-state index in [0.717, 1.165) is 77.1 Å². The van der Waals surface area contributed by atoms with Gasteiger partial charge in [-0.25, -0.2) is 9.97 Å². The Labute approximate surface area is 373 Å². The number of carbonyl (C=O) groups is 6. The summed E-state index contributed by atoms with van der Waals surface area (Å²) in [6.07, 6.45) is 9.87. The Morgan fingerprint density at radius 3 is 2.38 bits per heavy atom. The lowest BCUT2D eigenvalue weighted by Gasteiger charge is -2.35. The molecule has 1 N–H and O–H groups in total. The number of rotatable bonds is 17. The maximum atomic E-state index is 13.4. The molecule has 2 fully saturated rings. The van der Waals surface area contributed by atoms with Gasteiger partial charge in [-0.3, -0.25) is 44.0 Å². The number of piperazine rings is 1. The number of pyridine rings is 1. The second-order valence-electron chi connectivity index (χ2n) is 17.1. The third-order valence-corrected chi connectivity index (χ3v) is 12.6. The first-order valence-corrected chi connectivity index (χ1v) is 22.3. The number of ketones is 2. The van der Waals surface area contributed by atoms with Crippen molar-refractivity contribution in [1.82, 2.24) is 35.0 Å². The summed E-state index contributed by atoms with van der Waals surface area (Å²) in [5, 5.41) is 2.32. The Morgan fingerprint density at radius 1 is 0.797 bits per heavy atom. The van der Waals surface area contributed by atoms with E-state index in [0.29, 0.717) is 68.6 Å². The van der Waals surface area contributed by atoms with E-state index in [1.54, 1.807) is 30.7 Å². The Bertz CT molecular complexity index is 2550. The average Bonchev–Trinajstić information content (AvgIpc) is 3.64. The third kappa shape index (κ3) is 10.7. The highest BCUT2D eigenvalue weighted by molar-refractivity contribution is 6.05. The van der Waals surface area contributed by atoms with Crippen molar-refractivity contribution in [3.05, 3.63) is 148 Å². The lowest BCUT2D eigenvalue weighted by molar-refractivity contribution is -0.137. The number of nitrogens with one attached hydrogen (secondary N) is 1. The van der Waals surface area contributed by atoms with Crippen LogP contribution < -0.4 is 5.32 Å². The lowest BCUT2D eigenvalue weighted by atomic mass is 9.97. The number of aryl methyl sites for hydroxylation is 1. The van der Waals surface area contributed by atoms with E-state index in [2.05, 4.69) is 39.2 Å². The van der Waals surface area contributed by atoms with Crippen LogP contribution in [0, 0.1) is 6.92 Å². The first-order valence-electron chi connectivity index (χ1n) is 22.3. The van der Waals surface area contributed by atoms with E-state index in [1.165, 1.54) is 4.90 Å². The molecule has 8 rings (SSSR count). The van der Waals surface area contributed by atoms with E-state index in [9.17, 15) is 28.8 Å². The smallest absolute Gasteiger partial charge is 0.255 e. The molecular weight excluding hydrogens is 807 g/mol. The fraction of sp³-hybridized carbons (Fsp3) is 0.353. The minimum Gasteiger partial charge on any atom is -0.340 e. The van der Waals surface area contributed by atoms with Crippen molar-refractivity contribution in [1.29, 1.82) is 0 Å². The number of unbranched alkanes of at least 4 members (excludes halogenated alkanes) is 2. The summed E-state index contributed by atoms with van der Waals surface area (Å²) < 4.78 is 0. The molecule has 1 unspecified atom stereocenters. The van der Waals surface area contributed by atoms with Crippen molar-refractivity contribution in [2.75, 3.05) is 26.2 Å². The number of piperidine rings is 1. The Morgan fingerprint density at radius 2 is 1.59 bits per heavy atom. The molecule has 0 aliphatic carbocycles. The quantitative estimate of drug-likeness (QED) is 0.0664. The van der Waals surface area contributed by atoms with Crippen molar-refractivity contribution in [3.8, 4) is 11.3 Å². The number of nitrogens with zero attached hydrogens (tertiary/aromatic N) is 6. The zero-order valence-electron chi connectivity index (χ0n) is 36.3. The molecule has 3 aliphatic rings. The largest absolute Gasteiger partial charge is 0.340 e. The van der Waals surface area contributed by atoms with Gasteiger partial charge in [0, 0.05) is 113 Å². The number of fused-ring (bicyclic) bond motifs is 1. The predicted octanol–water partition coefficient (Wildman–Crippen LogP) is 6.03. The molecule has 3 aromatic carbocycles. The van der Waals surface area contributed by atoms with Crippen LogP contribution in [0.4, 0.5) is 0 Å². The van der Waals surface area contributed by atoms with Gasteiger partial charge in [-0.05, 0) is 83.8 Å². The number of carbonyl (C=O) groups excluding carboxylic acids is 6. The minimum atomic E-state index is -0.695. The summed E-state index contributed by atoms with van der Waals surface area (Å²) in [4.78, 5) is 95.9. The number of aromatic nitrogens is 3. The Kier molecular flexibility index (Phi) is 13.8. The molecule has 1 atom stereocenters. The minimum absolute atomic E-state index is 0.0605. The van der Waals surface area contributed by atoms with E-state index in [-0.39, 0.29) is 48.7 Å². The number of imide groups is 1. The van der Waals surface area contributed by atoms with Crippen molar-refractivity contribution in [2.24, 2.45) is 0 Å². The maximum Gasteiger partial charge on any atom is 0.255 e. The molecule has 3 aliphatic heterocycles. The van der Waals surface area contributed by atoms with Crippen LogP contribution in [0.2, 0.25) is 0 Å². The van der Waals surface area contributed by atoms with Gasteiger partial charge >= 0.3 is 0 Å². The maximum absolute atomic E-state index is 13.4. The van der Waals surface area contributed by atoms with Gasteiger partial charge in [-0.15, -0.1) is 0 Å². The van der Waals surface area contributed by atoms with Gasteiger partial charge in [0.25, 0.3) is 5.91 Å². The normalized spacial score (nSPS) is 16.5. The van der Waals surface area contributed by atoms with Gasteiger partial charge in [0.15, 0.2) is 5.78 Å². The van der Waals surface area contributed by atoms with Crippen LogP contribution in [0.5, 0.6) is 0 Å². The monoisotopic (exact) mass is 859 g/mol. The molecule has 13 heteroatoms. The molecule has 0 bridgehead atoms. The molecule has 13 nitrogen and oxygen atoms in total. The molecule has 5 aromatic rings. The highest BCUT2D eigenvalue weighted by atomic mass is 16.2. The van der Waals surface area contributed by atoms with Crippen LogP contribution in [-0.4, -0.2) is 97.1 Å². The fourth-order valence-electron chi connectivity index (χ4n) is 8.90. The van der Waals surface area contributed by atoms with Crippen LogP contribution in [-0.2, 0) is 51.5 Å². The molecule has 328 valence electrons. The number of amides is 4. The van der Waals surface area contributed by atoms with E-state index >= 15 is 0 Å². The number of Topliss-reactive ketones (excluding diaryl/α,β-unsaturated/α-hetero) is 2. The zero-order chi connectivity index (χ0) is 44.6. The number of benzene rings is 3. The summed E-state index contributed by atoms with van der Waals surface area (Å²) in [5.74, 6) is -0.0408. The molecule has 64 heavy (non-hydrogen) atoms. The number of hydrogen-bond donors (Lipinski definition) is 1. The molecule has 2 aromatic heterocycles. The summed E-state index contributed by atoms with van der Waals surface area (Å²) in [6.45, 7) is 5.93. The van der Waals surface area contributed by atoms with Gasteiger partial charge < -0.3 is 9.80 Å². The molecule has 0 spiro atoms. The predicted molar refractivity (Wildman–Crippen MR) is 240 cm³/mol. The summed E-state index contributed by atoms with van der Waals surface area (Å²) >= 11 is 0. The zero-order valence-corrected chi connectivity index (χ0v) is 36.3. The van der Waals surface area contributed by atoms with Gasteiger partial charge in [-0.1, -0.05) is 61.0 Å². The molecule has 0 saturated carbocycles. The topological polar surface area (TPSA) is 163 Å². The highest BCUT2D eigenvalue weighted by Crippen LogP contribution is 2.30. The molecular formula is C51H53N7O6. The van der Waals surface area contributed by atoms with Gasteiger partial charge in [-0.2, -0.15) is 0 Å². The van der Waals surface area contributed by atoms with Crippen LogP contribution in [0.1, 0.15) is 105 Å². The van der Waals surface area contributed by atoms with Crippen LogP contribution in [0.3, 0.4) is 0 Å². The fourth-order valence-corrected chi connectivity index (χ4v) is 8.90. The SMILES string of the molecule is Cc1ccc(CC(=O)c2ccc(CN3CCN(C(=O)CCCCCC(=O)Cc4cccc5c4CN(C4CCC(=O)NC4=O)C5=O)CC3)cc2)cc1Cc1nccc(-c2cccnc2)n1. The summed E-state index contributed by atoms with van der Waals surface area (Å²) in [7, 11) is 0. The Balaban J connectivity index is 0.727. The van der Waals surface area contributed by atoms with E-state index < -0.39 is 11.9 Å². The second-order valence-corrected chi connectivity index (χ2v) is 17.1. The second kappa shape index (κ2) is 20.2. The summed E-state index contributed by atoms with van der Waals surface area (Å²) in [5.41, 5.74) is 8.80. The van der Waals surface area contributed by atoms with Crippen LogP contribution in [0.25, 0.3) is 11.3 Å². The highest BCUT2D eigenvalue weighted by Gasteiger charge is 2.40. The van der Waals surface area contributed by atoms with Crippen molar-refractivity contribution >= 4 is 35.2 Å². The standard InChI is InChI=1S/C51H53N7O6/c1-34-12-13-36(27-40(34)30-47-53-22-20-44(54-47)39-8-6-21-52-31-39)28-46(60)37-16-14-35(15-17-37)32-56-23-25-57(26-24-56)49(62)11-4-2-3-9-41(59)29-38-7-5-10-42-43(38)33-58(51(42)64)45-18-19-48(61)55-50(45)63/h5-8,10,12-17,20-22,27,31,45H,2-4,9,11,18-19,23-26,28-30,32-33H2,1H3,(H,55,61,63). The van der Waals surface area contributed by atoms with E-state index in [4.69, 9.17) is 4.98 Å². The summed E-state index contributed by atoms with van der Waals surface area (Å²) in [6, 6.07) is 24.4. The van der Waals surface area contributed by atoms with Gasteiger partial charge in [0.1, 0.15) is 17.6 Å². The first kappa shape index (κ1) is 43.9. The Hall–Kier alpha value is -6.73. The third-order valence-electron chi connectivity index (χ3n) is 12.6. The molecule has 2 saturated heterocycles. The van der Waals surface area contributed by atoms with Gasteiger partial charge in [0.05, 0.1) is 5.69 Å². The van der Waals surface area contributed by atoms with Gasteiger partial charge in [0.2, 0.25) is 17.7 Å². The molecule has 5 heterocycles. The van der Waals surface area contributed by atoms with Crippen molar-refractivity contribution < 1.29 is 28.8 Å². The number of hydrogen-bond acceptors (Lipinski definition) is 10. The van der Waals surface area contributed by atoms with Crippen molar-refractivity contribution in [2.45, 2.75) is 90.3 Å². The van der Waals surface area contributed by atoms with Crippen LogP contribution >= 0.6 is 0 Å². The van der Waals surface area contributed by atoms with E-state index in [1.807, 2.05) is 59.5 Å². The van der Waals surface area contributed by atoms with Crippen LogP contribution in [0.15, 0.2) is 97.5 Å². The first-order chi connectivity index (χ1) is 31.1. The van der Waals surface area contributed by atoms with Crippen molar-refractivity contribution in [3.63, 3.8) is 0 Å². The average molecular weight is 860 g/mol.